The fourth-order valence-corrected chi connectivity index (χ4v) is 4.40. The maximum Gasteiger partial charge on any atom is 0.259 e. The Bertz CT molecular complexity index is 1200. The van der Waals surface area contributed by atoms with Gasteiger partial charge in [0.2, 0.25) is 11.8 Å². The lowest BCUT2D eigenvalue weighted by atomic mass is 10.1. The fraction of sp³-hybridized carbons (Fsp3) is 0.321. The second-order valence-corrected chi connectivity index (χ2v) is 8.89. The third kappa shape index (κ3) is 4.67. The molecule has 0 aromatic heterocycles. The summed E-state index contributed by atoms with van der Waals surface area (Å²) >= 11 is 0. The Morgan fingerprint density at radius 3 is 2.38 bits per heavy atom. The maximum absolute atomic E-state index is 13.6. The number of benzene rings is 3. The molecule has 34 heavy (non-hydrogen) atoms. The number of hydrogen-bond acceptors (Lipinski definition) is 3. The third-order valence-corrected chi connectivity index (χ3v) is 6.59. The molecule has 176 valence electrons. The van der Waals surface area contributed by atoms with Crippen LogP contribution in [0.2, 0.25) is 0 Å². The maximum atomic E-state index is 13.6. The van der Waals surface area contributed by atoms with Crippen molar-refractivity contribution in [2.24, 2.45) is 0 Å². The number of anilines is 1. The molecule has 1 aliphatic heterocycles. The highest BCUT2D eigenvalue weighted by Crippen LogP contribution is 2.37. The molecule has 4 rings (SSSR count). The lowest BCUT2D eigenvalue weighted by Crippen LogP contribution is -2.53. The van der Waals surface area contributed by atoms with Crippen LogP contribution in [0.4, 0.5) is 5.69 Å². The summed E-state index contributed by atoms with van der Waals surface area (Å²) in [7, 11) is 0. The zero-order chi connectivity index (χ0) is 24.2. The van der Waals surface area contributed by atoms with Crippen molar-refractivity contribution >= 4 is 34.2 Å². The molecule has 1 heterocycles. The SMILES string of the molecule is CC[C@@H](C)NC(=O)[C@@H](C)N(CCc1ccccc1)C(=O)CN1C(=O)c2cccc3cccc1c23. The zero-order valence-electron chi connectivity index (χ0n) is 20.0. The van der Waals surface area contributed by atoms with E-state index in [-0.39, 0.29) is 30.3 Å². The highest BCUT2D eigenvalue weighted by atomic mass is 16.2. The minimum absolute atomic E-state index is 0.0216. The molecule has 6 heteroatoms. The van der Waals surface area contributed by atoms with E-state index in [0.717, 1.165) is 28.4 Å². The summed E-state index contributed by atoms with van der Waals surface area (Å²) in [5.74, 6) is -0.616. The van der Waals surface area contributed by atoms with Crippen molar-refractivity contribution in [3.63, 3.8) is 0 Å². The highest BCUT2D eigenvalue weighted by molar-refractivity contribution is 6.26. The first kappa shape index (κ1) is 23.5. The van der Waals surface area contributed by atoms with Gasteiger partial charge < -0.3 is 10.2 Å². The van der Waals surface area contributed by atoms with E-state index in [2.05, 4.69) is 5.32 Å². The summed E-state index contributed by atoms with van der Waals surface area (Å²) in [6.07, 6.45) is 1.43. The topological polar surface area (TPSA) is 69.7 Å². The van der Waals surface area contributed by atoms with Gasteiger partial charge >= 0.3 is 0 Å². The predicted octanol–water partition coefficient (Wildman–Crippen LogP) is 4.17. The van der Waals surface area contributed by atoms with E-state index < -0.39 is 6.04 Å². The summed E-state index contributed by atoms with van der Waals surface area (Å²) < 4.78 is 0. The Hall–Kier alpha value is -3.67. The van der Waals surface area contributed by atoms with E-state index in [1.54, 1.807) is 17.9 Å². The molecule has 0 fully saturated rings. The second kappa shape index (κ2) is 10.1. The van der Waals surface area contributed by atoms with Crippen molar-refractivity contribution in [1.82, 2.24) is 10.2 Å². The Morgan fingerprint density at radius 2 is 1.68 bits per heavy atom. The van der Waals surface area contributed by atoms with Crippen LogP contribution in [0.5, 0.6) is 0 Å². The summed E-state index contributed by atoms with van der Waals surface area (Å²) in [4.78, 5) is 42.8. The number of amides is 3. The molecule has 3 aromatic carbocycles. The average Bonchev–Trinajstić information content (AvgIpc) is 3.12. The van der Waals surface area contributed by atoms with Crippen LogP contribution in [0, 0.1) is 0 Å². The van der Waals surface area contributed by atoms with E-state index in [4.69, 9.17) is 0 Å². The van der Waals surface area contributed by atoms with Crippen molar-refractivity contribution in [2.45, 2.75) is 45.7 Å². The molecule has 3 aromatic rings. The van der Waals surface area contributed by atoms with Crippen LogP contribution in [0.25, 0.3) is 10.8 Å². The van der Waals surface area contributed by atoms with Gasteiger partial charge in [-0.25, -0.2) is 0 Å². The van der Waals surface area contributed by atoms with Crippen molar-refractivity contribution in [2.75, 3.05) is 18.0 Å². The van der Waals surface area contributed by atoms with E-state index >= 15 is 0 Å². The van der Waals surface area contributed by atoms with Crippen molar-refractivity contribution in [3.05, 3.63) is 77.9 Å². The Labute approximate surface area is 200 Å². The molecule has 1 aliphatic rings. The van der Waals surface area contributed by atoms with E-state index in [0.29, 0.717) is 18.5 Å². The molecule has 0 spiro atoms. The summed E-state index contributed by atoms with van der Waals surface area (Å²) in [5.41, 5.74) is 2.44. The predicted molar refractivity (Wildman–Crippen MR) is 135 cm³/mol. The molecule has 0 unspecified atom stereocenters. The number of nitrogens with one attached hydrogen (secondary N) is 1. The Balaban J connectivity index is 1.57. The molecule has 0 aliphatic carbocycles. The monoisotopic (exact) mass is 457 g/mol. The number of nitrogens with zero attached hydrogens (tertiary/aromatic N) is 2. The normalized spacial score (nSPS) is 14.2. The standard InChI is InChI=1S/C28H31N3O3/c1-4-19(2)29-27(33)20(3)30(17-16-21-10-6-5-7-11-21)25(32)18-31-24-15-9-13-22-12-8-14-23(26(22)24)28(31)34/h5-15,19-20H,4,16-18H2,1-3H3,(H,29,33)/t19-,20-/m1/s1. The summed E-state index contributed by atoms with van der Waals surface area (Å²) in [5, 5.41) is 4.83. The number of hydrogen-bond donors (Lipinski definition) is 1. The van der Waals surface area contributed by atoms with Gasteiger partial charge in [0.25, 0.3) is 5.91 Å². The minimum atomic E-state index is -0.652. The molecule has 2 atom stereocenters. The zero-order valence-corrected chi connectivity index (χ0v) is 20.0. The molecule has 3 amide bonds. The largest absolute Gasteiger partial charge is 0.352 e. The lowest BCUT2D eigenvalue weighted by Gasteiger charge is -2.31. The van der Waals surface area contributed by atoms with Crippen LogP contribution >= 0.6 is 0 Å². The van der Waals surface area contributed by atoms with Gasteiger partial charge in [0.1, 0.15) is 12.6 Å². The Morgan fingerprint density at radius 1 is 0.971 bits per heavy atom. The first-order valence-corrected chi connectivity index (χ1v) is 11.9. The van der Waals surface area contributed by atoms with Gasteiger partial charge in [-0.1, -0.05) is 61.5 Å². The number of carbonyl (C=O) groups is 3. The van der Waals surface area contributed by atoms with Crippen LogP contribution < -0.4 is 10.2 Å². The number of rotatable bonds is 9. The molecule has 0 saturated carbocycles. The molecule has 0 bridgehead atoms. The minimum Gasteiger partial charge on any atom is -0.352 e. The van der Waals surface area contributed by atoms with Crippen LogP contribution in [-0.2, 0) is 16.0 Å². The van der Waals surface area contributed by atoms with Crippen molar-refractivity contribution < 1.29 is 14.4 Å². The van der Waals surface area contributed by atoms with Crippen LogP contribution in [-0.4, -0.2) is 47.8 Å². The van der Waals surface area contributed by atoms with Gasteiger partial charge in [0.05, 0.1) is 5.69 Å². The molecule has 6 nitrogen and oxygen atoms in total. The van der Waals surface area contributed by atoms with Crippen molar-refractivity contribution in [3.8, 4) is 0 Å². The molecular formula is C28H31N3O3. The molecular weight excluding hydrogens is 426 g/mol. The first-order chi connectivity index (χ1) is 16.4. The van der Waals surface area contributed by atoms with Crippen LogP contribution in [0.3, 0.4) is 0 Å². The lowest BCUT2D eigenvalue weighted by molar-refractivity contribution is -0.139. The smallest absolute Gasteiger partial charge is 0.259 e. The van der Waals surface area contributed by atoms with E-state index in [9.17, 15) is 14.4 Å². The molecule has 0 radical (unpaired) electrons. The molecule has 0 saturated heterocycles. The van der Waals surface area contributed by atoms with Crippen LogP contribution in [0.15, 0.2) is 66.7 Å². The fourth-order valence-electron chi connectivity index (χ4n) is 4.40. The molecule has 1 N–H and O–H groups in total. The first-order valence-electron chi connectivity index (χ1n) is 11.9. The van der Waals surface area contributed by atoms with Gasteiger partial charge in [-0.15, -0.1) is 0 Å². The number of carbonyl (C=O) groups excluding carboxylic acids is 3. The van der Waals surface area contributed by atoms with Gasteiger partial charge in [-0.3, -0.25) is 19.3 Å². The van der Waals surface area contributed by atoms with E-state index in [1.807, 2.05) is 74.5 Å². The van der Waals surface area contributed by atoms with Gasteiger partial charge in [-0.2, -0.15) is 0 Å². The summed E-state index contributed by atoms with van der Waals surface area (Å²) in [6, 6.07) is 20.6. The van der Waals surface area contributed by atoms with Gasteiger partial charge in [-0.05, 0) is 49.8 Å². The van der Waals surface area contributed by atoms with Crippen molar-refractivity contribution in [1.29, 1.82) is 0 Å². The van der Waals surface area contributed by atoms with Gasteiger partial charge in [0.15, 0.2) is 0 Å². The summed E-state index contributed by atoms with van der Waals surface area (Å²) in [6.45, 7) is 5.98. The average molecular weight is 458 g/mol. The third-order valence-electron chi connectivity index (χ3n) is 6.59. The van der Waals surface area contributed by atoms with E-state index in [1.165, 1.54) is 4.90 Å². The highest BCUT2D eigenvalue weighted by Gasteiger charge is 2.34. The van der Waals surface area contributed by atoms with Gasteiger partial charge in [0, 0.05) is 23.5 Å². The Kier molecular flexibility index (Phi) is 6.96. The second-order valence-electron chi connectivity index (χ2n) is 8.89. The van der Waals surface area contributed by atoms with Crippen LogP contribution in [0.1, 0.15) is 43.1 Å². The quantitative estimate of drug-likeness (QED) is 0.524.